The predicted molar refractivity (Wildman–Crippen MR) is 80.0 cm³/mol. The molecular weight excluding hydrogens is 237 g/mol. The second-order valence-corrected chi connectivity index (χ2v) is 6.44. The van der Waals surface area contributed by atoms with Gasteiger partial charge in [0.2, 0.25) is 0 Å². The number of hydrogen-bond acceptors (Lipinski definition) is 1. The van der Waals surface area contributed by atoms with Gasteiger partial charge in [0.15, 0.2) is 0 Å². The largest absolute Gasteiger partial charge is 0.380 e. The molecule has 2 unspecified atom stereocenters. The Hall–Kier alpha value is -1.05. The minimum absolute atomic E-state index is 0.119. The van der Waals surface area contributed by atoms with Crippen LogP contribution in [-0.4, -0.2) is 6.04 Å². The Morgan fingerprint density at radius 3 is 2.79 bits per heavy atom. The van der Waals surface area contributed by atoms with Crippen LogP contribution in [0.5, 0.6) is 0 Å². The van der Waals surface area contributed by atoms with Gasteiger partial charge in [-0.25, -0.2) is 4.39 Å². The maximum Gasteiger partial charge on any atom is 0.146 e. The maximum absolute atomic E-state index is 13.9. The van der Waals surface area contributed by atoms with E-state index in [2.05, 4.69) is 19.2 Å². The number of halogens is 1. The Kier molecular flexibility index (Phi) is 4.84. The smallest absolute Gasteiger partial charge is 0.146 e. The van der Waals surface area contributed by atoms with E-state index in [-0.39, 0.29) is 5.82 Å². The van der Waals surface area contributed by atoms with Gasteiger partial charge in [0.25, 0.3) is 0 Å². The number of benzene rings is 1. The molecule has 0 heterocycles. The van der Waals surface area contributed by atoms with Crippen LogP contribution >= 0.6 is 0 Å². The zero-order chi connectivity index (χ0) is 13.8. The lowest BCUT2D eigenvalue weighted by atomic mass is 9.81. The first-order valence-electron chi connectivity index (χ1n) is 7.58. The summed E-state index contributed by atoms with van der Waals surface area (Å²) in [6.07, 6.45) is 6.26. The van der Waals surface area contributed by atoms with E-state index in [9.17, 15) is 4.39 Å². The van der Waals surface area contributed by atoms with Crippen molar-refractivity contribution < 1.29 is 4.39 Å². The molecule has 0 aliphatic heterocycles. The molecule has 0 amide bonds. The van der Waals surface area contributed by atoms with Gasteiger partial charge in [-0.3, -0.25) is 0 Å². The second-order valence-electron chi connectivity index (χ2n) is 6.44. The number of aryl methyl sites for hydroxylation is 1. The first-order valence-corrected chi connectivity index (χ1v) is 7.58. The Morgan fingerprint density at radius 1 is 1.32 bits per heavy atom. The van der Waals surface area contributed by atoms with Gasteiger partial charge in [-0.15, -0.1) is 0 Å². The highest BCUT2D eigenvalue weighted by Crippen LogP contribution is 2.32. The van der Waals surface area contributed by atoms with Crippen molar-refractivity contribution >= 4 is 5.69 Å². The van der Waals surface area contributed by atoms with Gasteiger partial charge in [-0.1, -0.05) is 38.8 Å². The van der Waals surface area contributed by atoms with Crippen LogP contribution in [0.15, 0.2) is 18.2 Å². The SMILES string of the molecule is Cc1cccc(F)c1NC1CCCC(CC(C)C)C1. The summed E-state index contributed by atoms with van der Waals surface area (Å²) >= 11 is 0. The number of rotatable bonds is 4. The quantitative estimate of drug-likeness (QED) is 0.792. The van der Waals surface area contributed by atoms with Gasteiger partial charge in [-0.05, 0) is 49.7 Å². The summed E-state index contributed by atoms with van der Waals surface area (Å²) in [5.74, 6) is 1.45. The lowest BCUT2D eigenvalue weighted by Crippen LogP contribution is -2.28. The van der Waals surface area contributed by atoms with E-state index >= 15 is 0 Å². The highest BCUT2D eigenvalue weighted by Gasteiger charge is 2.23. The molecule has 1 nitrogen and oxygen atoms in total. The second kappa shape index (κ2) is 6.40. The zero-order valence-corrected chi connectivity index (χ0v) is 12.4. The van der Waals surface area contributed by atoms with Crippen LogP contribution in [0.2, 0.25) is 0 Å². The van der Waals surface area contributed by atoms with Crippen molar-refractivity contribution in [1.29, 1.82) is 0 Å². The van der Waals surface area contributed by atoms with E-state index in [4.69, 9.17) is 0 Å². The highest BCUT2D eigenvalue weighted by atomic mass is 19.1. The third-order valence-electron chi connectivity index (χ3n) is 4.16. The summed E-state index contributed by atoms with van der Waals surface area (Å²) in [5, 5.41) is 3.45. The van der Waals surface area contributed by atoms with Gasteiger partial charge in [0, 0.05) is 6.04 Å². The Labute approximate surface area is 116 Å². The van der Waals surface area contributed by atoms with E-state index in [1.807, 2.05) is 13.0 Å². The summed E-state index contributed by atoms with van der Waals surface area (Å²) in [6, 6.07) is 5.73. The molecule has 1 saturated carbocycles. The summed E-state index contributed by atoms with van der Waals surface area (Å²) in [6.45, 7) is 6.55. The van der Waals surface area contributed by atoms with Crippen LogP contribution in [0, 0.1) is 24.6 Å². The molecule has 0 bridgehead atoms. The molecule has 1 N–H and O–H groups in total. The zero-order valence-electron chi connectivity index (χ0n) is 12.4. The fourth-order valence-corrected chi connectivity index (χ4v) is 3.32. The molecule has 1 aromatic carbocycles. The van der Waals surface area contributed by atoms with E-state index in [1.54, 1.807) is 12.1 Å². The van der Waals surface area contributed by atoms with Gasteiger partial charge in [0.05, 0.1) is 5.69 Å². The summed E-state index contributed by atoms with van der Waals surface area (Å²) in [5.41, 5.74) is 1.71. The summed E-state index contributed by atoms with van der Waals surface area (Å²) in [7, 11) is 0. The van der Waals surface area contributed by atoms with Crippen LogP contribution in [0.1, 0.15) is 51.5 Å². The fourth-order valence-electron chi connectivity index (χ4n) is 3.32. The molecule has 0 radical (unpaired) electrons. The first-order chi connectivity index (χ1) is 9.06. The van der Waals surface area contributed by atoms with Crippen LogP contribution in [0.4, 0.5) is 10.1 Å². The molecule has 2 rings (SSSR count). The predicted octanol–water partition coefficient (Wildman–Crippen LogP) is 5.15. The van der Waals surface area contributed by atoms with Gasteiger partial charge in [0.1, 0.15) is 5.82 Å². The number of anilines is 1. The van der Waals surface area contributed by atoms with Crippen LogP contribution < -0.4 is 5.32 Å². The average Bonchev–Trinajstić information content (AvgIpc) is 2.34. The first kappa shape index (κ1) is 14.4. The molecular formula is C17H26FN. The molecule has 1 fully saturated rings. The molecule has 0 saturated heterocycles. The van der Waals surface area contributed by atoms with Crippen molar-refractivity contribution in [1.82, 2.24) is 0 Å². The summed E-state index contributed by atoms with van der Waals surface area (Å²) < 4.78 is 13.9. The van der Waals surface area contributed by atoms with E-state index in [0.29, 0.717) is 11.7 Å². The van der Waals surface area contributed by atoms with Gasteiger partial charge in [-0.2, -0.15) is 0 Å². The van der Waals surface area contributed by atoms with Crippen molar-refractivity contribution in [2.24, 2.45) is 11.8 Å². The van der Waals surface area contributed by atoms with Crippen molar-refractivity contribution in [2.45, 2.75) is 58.9 Å². The molecule has 0 spiro atoms. The van der Waals surface area contributed by atoms with Crippen LogP contribution in [0.25, 0.3) is 0 Å². The number of nitrogens with one attached hydrogen (secondary N) is 1. The normalized spacial score (nSPS) is 23.6. The van der Waals surface area contributed by atoms with Crippen molar-refractivity contribution in [3.8, 4) is 0 Å². The molecule has 2 heteroatoms. The van der Waals surface area contributed by atoms with Gasteiger partial charge >= 0.3 is 0 Å². The van der Waals surface area contributed by atoms with E-state index < -0.39 is 0 Å². The Balaban J connectivity index is 1.99. The molecule has 19 heavy (non-hydrogen) atoms. The lowest BCUT2D eigenvalue weighted by molar-refractivity contribution is 0.288. The van der Waals surface area contributed by atoms with Crippen LogP contribution in [-0.2, 0) is 0 Å². The molecule has 1 aliphatic rings. The monoisotopic (exact) mass is 263 g/mol. The maximum atomic E-state index is 13.9. The van der Waals surface area contributed by atoms with Crippen molar-refractivity contribution in [3.05, 3.63) is 29.6 Å². The average molecular weight is 263 g/mol. The molecule has 1 aromatic rings. The topological polar surface area (TPSA) is 12.0 Å². The number of hydrogen-bond donors (Lipinski definition) is 1. The number of para-hydroxylation sites is 1. The van der Waals surface area contributed by atoms with Crippen molar-refractivity contribution in [2.75, 3.05) is 5.32 Å². The van der Waals surface area contributed by atoms with Gasteiger partial charge < -0.3 is 5.32 Å². The molecule has 2 atom stereocenters. The lowest BCUT2D eigenvalue weighted by Gasteiger charge is -2.31. The standard InChI is InChI=1S/C17H26FN/c1-12(2)10-14-7-5-8-15(11-14)19-17-13(3)6-4-9-16(17)18/h4,6,9,12,14-15,19H,5,7-8,10-11H2,1-3H3. The van der Waals surface area contributed by atoms with Crippen molar-refractivity contribution in [3.63, 3.8) is 0 Å². The Morgan fingerprint density at radius 2 is 2.11 bits per heavy atom. The summed E-state index contributed by atoms with van der Waals surface area (Å²) in [4.78, 5) is 0. The van der Waals surface area contributed by atoms with Crippen LogP contribution in [0.3, 0.4) is 0 Å². The molecule has 0 aromatic heterocycles. The minimum atomic E-state index is -0.119. The minimum Gasteiger partial charge on any atom is -0.380 e. The van der Waals surface area contributed by atoms with E-state index in [0.717, 1.165) is 17.4 Å². The third-order valence-corrected chi connectivity index (χ3v) is 4.16. The fraction of sp³-hybridized carbons (Fsp3) is 0.647. The third kappa shape index (κ3) is 3.95. The highest BCUT2D eigenvalue weighted by molar-refractivity contribution is 5.52. The molecule has 1 aliphatic carbocycles. The Bertz CT molecular complexity index is 393. The van der Waals surface area contributed by atoms with E-state index in [1.165, 1.54) is 32.1 Å². The molecule has 106 valence electrons.